The zero-order chi connectivity index (χ0) is 81.4. The van der Waals surface area contributed by atoms with Gasteiger partial charge < -0.3 is 13.6 Å². The third-order valence-electron chi connectivity index (χ3n) is 26.3. The van der Waals surface area contributed by atoms with E-state index in [4.69, 9.17) is 24.4 Å². The van der Waals surface area contributed by atoms with E-state index in [2.05, 4.69) is 407 Å². The Labute approximate surface area is 720 Å². The maximum Gasteiger partial charge on any atom is 0.235 e. The maximum atomic E-state index is 7.98. The van der Waals surface area contributed by atoms with Gasteiger partial charge in [0.2, 0.25) is 11.9 Å². The Kier molecular flexibility index (Phi) is 14.4. The van der Waals surface area contributed by atoms with Gasteiger partial charge in [-0.1, -0.05) is 279 Å². The number of hydrogen-bond donors (Lipinski definition) is 0. The Morgan fingerprint density at radius 1 is 0.216 bits per heavy atom. The van der Waals surface area contributed by atoms with E-state index in [1.165, 1.54) is 83.9 Å². The molecule has 0 N–H and O–H groups in total. The summed E-state index contributed by atoms with van der Waals surface area (Å²) in [5, 5.41) is 22.3. The van der Waals surface area contributed by atoms with Crippen LogP contribution < -0.4 is 0 Å². The molecule has 28 rings (SSSR count). The van der Waals surface area contributed by atoms with Crippen molar-refractivity contribution < 1.29 is 4.42 Å². The molecule has 0 aliphatic heterocycles. The molecule has 9 heterocycles. The van der Waals surface area contributed by atoms with Crippen molar-refractivity contribution in [3.8, 4) is 79.2 Å². The van der Waals surface area contributed by atoms with Crippen molar-refractivity contribution in [1.82, 2.24) is 38.2 Å². The van der Waals surface area contributed by atoms with Crippen molar-refractivity contribution in [2.24, 2.45) is 0 Å². The predicted molar refractivity (Wildman–Crippen MR) is 525 cm³/mol. The second-order valence-corrected chi connectivity index (χ2v) is 35.0. The first-order valence-corrected chi connectivity index (χ1v) is 44.0. The minimum Gasteiger partial charge on any atom is -0.455 e. The van der Waals surface area contributed by atoms with Crippen LogP contribution in [0.1, 0.15) is 0 Å². The lowest BCUT2D eigenvalue weighted by Gasteiger charge is -2.15. The van der Waals surface area contributed by atoms with Gasteiger partial charge in [-0.05, 0) is 137 Å². The Morgan fingerprint density at radius 2 is 0.672 bits per heavy atom. The lowest BCUT2D eigenvalue weighted by molar-refractivity contribution is 0.673. The number of benzene rings is 19. The quantitative estimate of drug-likeness (QED) is 0.144. The first-order chi connectivity index (χ1) is 62.0. The largest absolute Gasteiger partial charge is 0.455 e. The van der Waals surface area contributed by atoms with Crippen LogP contribution in [0.25, 0.3) is 272 Å². The van der Waals surface area contributed by atoms with Crippen LogP contribution in [-0.4, -0.2) is 38.2 Å². The standard InChI is InChI=1S/C114H64N8OS2/c1-4-27-65(28-5-1)106-79-38-12-19-44-90(79)115-113(117-106)121-94-48-23-16-40-81(94)102-104-83-56-52-70(86-63-72(64-89-76-35-17-24-49-99(76)124-111(86)89)120-93-47-22-15-34-75(93)88-60-68(54-58-96(88)120)67-53-57-95-87(59-67)74-33-14-21-46-92(74)119(95)71-31-8-3-9-32-71)62-98(83)123-110(104)101-73(42-26-43-85(101)109(102)121)69-51-55-82-97(61-69)122(114-116-91-45-20-13-39-80(91)107(118-114)66-29-6-2-7-30-66)108-77-36-10-11-37-78(77)112-105(103(82)108)84-41-18-25-50-100(84)125-112/h1-64H. The third-order valence-corrected chi connectivity index (χ3v) is 28.7. The molecule has 0 fully saturated rings. The molecule has 11 heteroatoms. The third kappa shape index (κ3) is 9.87. The Bertz CT molecular complexity index is 9580. The molecule has 28 aromatic rings. The molecule has 0 saturated carbocycles. The second-order valence-electron chi connectivity index (χ2n) is 32.9. The summed E-state index contributed by atoms with van der Waals surface area (Å²) in [7, 11) is 0. The number of fused-ring (bicyclic) bond motifs is 31. The average Bonchev–Trinajstić information content (AvgIpc) is 1.53. The average molecular weight is 1630 g/mol. The van der Waals surface area contributed by atoms with Crippen molar-refractivity contribution in [2.75, 3.05) is 0 Å². The lowest BCUT2D eigenvalue weighted by atomic mass is 9.92. The first-order valence-electron chi connectivity index (χ1n) is 42.4. The van der Waals surface area contributed by atoms with Gasteiger partial charge in [0.05, 0.1) is 66.6 Å². The molecule has 0 aliphatic rings. The molecule has 0 amide bonds. The van der Waals surface area contributed by atoms with Gasteiger partial charge in [0, 0.05) is 155 Å². The Hall–Kier alpha value is -16.2. The van der Waals surface area contributed by atoms with E-state index in [1.807, 2.05) is 22.7 Å². The smallest absolute Gasteiger partial charge is 0.235 e. The molecule has 19 aromatic carbocycles. The zero-order valence-electron chi connectivity index (χ0n) is 66.8. The topological polar surface area (TPSA) is 84.4 Å². The van der Waals surface area contributed by atoms with Crippen LogP contribution in [0.4, 0.5) is 0 Å². The summed E-state index contributed by atoms with van der Waals surface area (Å²) in [4.78, 5) is 22.8. The molecule has 0 spiro atoms. The second kappa shape index (κ2) is 26.2. The fourth-order valence-electron chi connectivity index (χ4n) is 21.0. The number of furan rings is 1. The number of rotatable bonds is 9. The fraction of sp³-hybridized carbons (Fsp3) is 0. The number of nitrogens with zero attached hydrogens (tertiary/aromatic N) is 8. The highest BCUT2D eigenvalue weighted by molar-refractivity contribution is 7.27. The summed E-state index contributed by atoms with van der Waals surface area (Å²) in [5.74, 6) is 1.16. The van der Waals surface area contributed by atoms with E-state index in [0.717, 1.165) is 176 Å². The number of para-hydroxylation sites is 6. The molecule has 0 bridgehead atoms. The van der Waals surface area contributed by atoms with Crippen LogP contribution in [0.5, 0.6) is 0 Å². The maximum absolute atomic E-state index is 7.98. The molecule has 0 aliphatic carbocycles. The van der Waals surface area contributed by atoms with E-state index in [9.17, 15) is 0 Å². The SMILES string of the molecule is c1ccc(-c2nc(-n3c4ccccc4c4c5c6ccc(-c7cc(-n8c9ccccc9c9cc(-c%10ccc%11c(c%10)c%10ccccc%10n%11-c%10ccccc%10)ccc98)cc8c7sc7ccccc78)cc6oc5c5c(-c6ccc7c8c9c%10ccccc%10sc9c9ccccc9c8n(-c8nc(-c9ccccc9)c9ccccc9n8)c7c6)cccc5c43)nc3ccccc23)cc1. The van der Waals surface area contributed by atoms with Crippen molar-refractivity contribution in [3.63, 3.8) is 0 Å². The molecular weight excluding hydrogens is 1560 g/mol. The molecule has 125 heavy (non-hydrogen) atoms. The highest BCUT2D eigenvalue weighted by atomic mass is 32.1. The van der Waals surface area contributed by atoms with Crippen LogP contribution >= 0.6 is 22.7 Å². The molecule has 578 valence electrons. The highest BCUT2D eigenvalue weighted by Gasteiger charge is 2.31. The van der Waals surface area contributed by atoms with Gasteiger partial charge in [-0.15, -0.1) is 22.7 Å². The van der Waals surface area contributed by atoms with Gasteiger partial charge in [-0.25, -0.2) is 19.9 Å². The van der Waals surface area contributed by atoms with Crippen molar-refractivity contribution in [2.45, 2.75) is 0 Å². The number of aromatic nitrogens is 8. The Balaban J connectivity index is 0.703. The van der Waals surface area contributed by atoms with Crippen LogP contribution in [0.15, 0.2) is 393 Å². The van der Waals surface area contributed by atoms with Crippen molar-refractivity contribution in [3.05, 3.63) is 388 Å². The monoisotopic (exact) mass is 1620 g/mol. The first kappa shape index (κ1) is 68.6. The van der Waals surface area contributed by atoms with Gasteiger partial charge in [-0.2, -0.15) is 0 Å². The molecule has 0 saturated heterocycles. The van der Waals surface area contributed by atoms with Gasteiger partial charge in [0.15, 0.2) is 0 Å². The van der Waals surface area contributed by atoms with Crippen LogP contribution in [0.2, 0.25) is 0 Å². The minimum atomic E-state index is 0.572. The molecule has 9 aromatic heterocycles. The van der Waals surface area contributed by atoms with E-state index in [1.54, 1.807) is 0 Å². The highest BCUT2D eigenvalue weighted by Crippen LogP contribution is 2.54. The van der Waals surface area contributed by atoms with E-state index in [-0.39, 0.29) is 0 Å². The van der Waals surface area contributed by atoms with Gasteiger partial charge in [0.25, 0.3) is 0 Å². The lowest BCUT2D eigenvalue weighted by Crippen LogP contribution is -2.04. The van der Waals surface area contributed by atoms with Gasteiger partial charge in [0.1, 0.15) is 11.2 Å². The van der Waals surface area contributed by atoms with Crippen molar-refractivity contribution in [1.29, 1.82) is 0 Å². The fourth-order valence-corrected chi connectivity index (χ4v) is 23.4. The molecule has 0 unspecified atom stereocenters. The van der Waals surface area contributed by atoms with Crippen LogP contribution in [-0.2, 0) is 0 Å². The van der Waals surface area contributed by atoms with E-state index < -0.39 is 0 Å². The van der Waals surface area contributed by atoms with Crippen LogP contribution in [0, 0.1) is 0 Å². The number of hydrogen-bond acceptors (Lipinski definition) is 7. The molecule has 0 atom stereocenters. The van der Waals surface area contributed by atoms with Crippen LogP contribution in [0.3, 0.4) is 0 Å². The summed E-state index contributed by atoms with van der Waals surface area (Å²) in [6, 6.07) is 142. The summed E-state index contributed by atoms with van der Waals surface area (Å²) < 4.78 is 22.5. The summed E-state index contributed by atoms with van der Waals surface area (Å²) in [6.45, 7) is 0. The summed E-state index contributed by atoms with van der Waals surface area (Å²) >= 11 is 3.72. The minimum absolute atomic E-state index is 0.572. The Morgan fingerprint density at radius 3 is 1.32 bits per heavy atom. The van der Waals surface area contributed by atoms with Gasteiger partial charge >= 0.3 is 0 Å². The van der Waals surface area contributed by atoms with E-state index in [0.29, 0.717) is 11.9 Å². The summed E-state index contributed by atoms with van der Waals surface area (Å²) in [6.07, 6.45) is 0. The molecule has 0 radical (unpaired) electrons. The number of thiophene rings is 2. The van der Waals surface area contributed by atoms with Gasteiger partial charge in [-0.3, -0.25) is 9.13 Å². The predicted octanol–water partition coefficient (Wildman–Crippen LogP) is 31.2. The molecular formula is C114H64N8OS2. The van der Waals surface area contributed by atoms with Crippen molar-refractivity contribution >= 4 is 216 Å². The zero-order valence-corrected chi connectivity index (χ0v) is 68.4. The normalized spacial score (nSPS) is 12.3. The summed E-state index contributed by atoms with van der Waals surface area (Å²) in [5.41, 5.74) is 24.4. The molecule has 9 nitrogen and oxygen atoms in total. The van der Waals surface area contributed by atoms with E-state index >= 15 is 0 Å².